The molecule has 0 unspecified atom stereocenters. The second-order valence-electron chi connectivity index (χ2n) is 9.58. The van der Waals surface area contributed by atoms with E-state index in [1.54, 1.807) is 54.6 Å². The predicted octanol–water partition coefficient (Wildman–Crippen LogP) is 5.56. The van der Waals surface area contributed by atoms with Gasteiger partial charge in [0.15, 0.2) is 0 Å². The van der Waals surface area contributed by atoms with E-state index in [1.807, 2.05) is 72.8 Å². The Hall–Kier alpha value is -4.33. The number of ether oxygens (including phenoxy) is 1. The highest BCUT2D eigenvalue weighted by Gasteiger charge is 2.31. The molecule has 0 fully saturated rings. The maximum absolute atomic E-state index is 13.9. The van der Waals surface area contributed by atoms with Gasteiger partial charge in [0.25, 0.3) is 0 Å². The molecular weight excluding hydrogens is 536 g/mol. The quantitative estimate of drug-likeness (QED) is 0.165. The molecule has 0 aliphatic rings. The Kier molecular flexibility index (Phi) is 10.8. The zero-order chi connectivity index (χ0) is 29.0. The third-order valence-electron chi connectivity index (χ3n) is 6.66. The Morgan fingerprint density at radius 2 is 1.68 bits per heavy atom. The molecule has 2 amide bonds. The Morgan fingerprint density at radius 1 is 0.927 bits per heavy atom. The van der Waals surface area contributed by atoms with Crippen LogP contribution in [0, 0.1) is 0 Å². The molecule has 0 aliphatic heterocycles. The number of likely N-dealkylation sites (N-methyl/N-ethyl adjacent to an activating group) is 1. The van der Waals surface area contributed by atoms with E-state index in [1.165, 1.54) is 6.08 Å². The molecule has 8 heteroatoms. The van der Waals surface area contributed by atoms with Crippen LogP contribution in [-0.2, 0) is 27.3 Å². The molecule has 2 aromatic heterocycles. The minimum Gasteiger partial charge on any atom is -0.383 e. The summed E-state index contributed by atoms with van der Waals surface area (Å²) in [5, 5.41) is 0.372. The van der Waals surface area contributed by atoms with Crippen molar-refractivity contribution < 1.29 is 14.3 Å². The highest BCUT2D eigenvalue weighted by molar-refractivity contribution is 6.29. The van der Waals surface area contributed by atoms with Crippen LogP contribution in [0.1, 0.15) is 16.7 Å². The molecule has 0 saturated heterocycles. The summed E-state index contributed by atoms with van der Waals surface area (Å²) in [5.74, 6) is -0.450. The van der Waals surface area contributed by atoms with E-state index < -0.39 is 6.04 Å². The van der Waals surface area contributed by atoms with Crippen LogP contribution in [0.3, 0.4) is 0 Å². The fourth-order valence-electron chi connectivity index (χ4n) is 4.36. The van der Waals surface area contributed by atoms with Crippen LogP contribution in [-0.4, -0.2) is 64.9 Å². The number of carbonyl (C=O) groups excluding carboxylic acids is 2. The largest absolute Gasteiger partial charge is 0.383 e. The number of methoxy groups -OCH3 is 1. The Balaban J connectivity index is 1.68. The summed E-state index contributed by atoms with van der Waals surface area (Å²) in [6.07, 6.45) is 6.88. The van der Waals surface area contributed by atoms with Crippen molar-refractivity contribution in [1.29, 1.82) is 0 Å². The first-order valence-electron chi connectivity index (χ1n) is 13.3. The first-order valence-corrected chi connectivity index (χ1v) is 13.7. The summed E-state index contributed by atoms with van der Waals surface area (Å²) < 4.78 is 5.20. The maximum Gasteiger partial charge on any atom is 0.247 e. The molecule has 2 heterocycles. The van der Waals surface area contributed by atoms with E-state index in [2.05, 4.69) is 9.97 Å². The van der Waals surface area contributed by atoms with Gasteiger partial charge >= 0.3 is 0 Å². The Bertz CT molecular complexity index is 1430. The van der Waals surface area contributed by atoms with Crippen molar-refractivity contribution >= 4 is 29.5 Å². The topological polar surface area (TPSA) is 75.6 Å². The zero-order valence-corrected chi connectivity index (χ0v) is 23.9. The number of hydrogen-bond donors (Lipinski definition) is 0. The first-order chi connectivity index (χ1) is 19.9. The molecule has 0 radical (unpaired) electrons. The van der Waals surface area contributed by atoms with Crippen LogP contribution in [0.2, 0.25) is 5.15 Å². The van der Waals surface area contributed by atoms with Crippen molar-refractivity contribution in [3.63, 3.8) is 0 Å². The van der Waals surface area contributed by atoms with Gasteiger partial charge in [-0.1, -0.05) is 78.3 Å². The van der Waals surface area contributed by atoms with Crippen LogP contribution in [0.4, 0.5) is 0 Å². The molecule has 1 atom stereocenters. The van der Waals surface area contributed by atoms with Gasteiger partial charge in [-0.05, 0) is 41.0 Å². The Morgan fingerprint density at radius 3 is 2.34 bits per heavy atom. The molecule has 4 rings (SSSR count). The van der Waals surface area contributed by atoms with E-state index in [-0.39, 0.29) is 18.4 Å². The van der Waals surface area contributed by atoms with Crippen molar-refractivity contribution in [2.45, 2.75) is 19.0 Å². The molecule has 0 spiro atoms. The Labute approximate surface area is 246 Å². The van der Waals surface area contributed by atoms with Gasteiger partial charge in [0.05, 0.1) is 12.3 Å². The second kappa shape index (κ2) is 14.9. The van der Waals surface area contributed by atoms with Crippen LogP contribution < -0.4 is 0 Å². The van der Waals surface area contributed by atoms with Crippen molar-refractivity contribution in [1.82, 2.24) is 19.8 Å². The average Bonchev–Trinajstić information content (AvgIpc) is 3.02. The van der Waals surface area contributed by atoms with Gasteiger partial charge in [-0.3, -0.25) is 14.6 Å². The first kappa shape index (κ1) is 29.6. The summed E-state index contributed by atoms with van der Waals surface area (Å²) in [6, 6.07) is 26.1. The summed E-state index contributed by atoms with van der Waals surface area (Å²) >= 11 is 5.92. The number of carbonyl (C=O) groups is 2. The molecule has 41 heavy (non-hydrogen) atoms. The van der Waals surface area contributed by atoms with Gasteiger partial charge in [0.1, 0.15) is 11.2 Å². The maximum atomic E-state index is 13.9. The molecule has 210 valence electrons. The summed E-state index contributed by atoms with van der Waals surface area (Å²) in [5.41, 5.74) is 4.41. The van der Waals surface area contributed by atoms with E-state index in [9.17, 15) is 9.59 Å². The van der Waals surface area contributed by atoms with Crippen LogP contribution in [0.5, 0.6) is 0 Å². The number of nitrogens with zero attached hydrogens (tertiary/aromatic N) is 4. The van der Waals surface area contributed by atoms with Gasteiger partial charge in [-0.15, -0.1) is 0 Å². The van der Waals surface area contributed by atoms with E-state index in [4.69, 9.17) is 16.3 Å². The van der Waals surface area contributed by atoms with E-state index >= 15 is 0 Å². The molecular formula is C33H33ClN4O3. The highest BCUT2D eigenvalue weighted by atomic mass is 35.5. The summed E-state index contributed by atoms with van der Waals surface area (Å²) in [4.78, 5) is 39.5. The lowest BCUT2D eigenvalue weighted by atomic mass is 10.0. The van der Waals surface area contributed by atoms with Gasteiger partial charge in [0, 0.05) is 57.7 Å². The van der Waals surface area contributed by atoms with Crippen molar-refractivity contribution in [3.05, 3.63) is 125 Å². The van der Waals surface area contributed by atoms with Crippen LogP contribution in [0.15, 0.2) is 103 Å². The molecule has 0 bridgehead atoms. The summed E-state index contributed by atoms with van der Waals surface area (Å²) in [6.45, 7) is 1.05. The summed E-state index contributed by atoms with van der Waals surface area (Å²) in [7, 11) is 3.33. The predicted molar refractivity (Wildman–Crippen MR) is 162 cm³/mol. The average molecular weight is 569 g/mol. The number of pyridine rings is 2. The molecule has 0 aliphatic carbocycles. The molecule has 0 saturated carbocycles. The fraction of sp³-hybridized carbons (Fsp3) is 0.212. The molecule has 2 aromatic carbocycles. The zero-order valence-electron chi connectivity index (χ0n) is 23.2. The van der Waals surface area contributed by atoms with Crippen LogP contribution in [0.25, 0.3) is 17.3 Å². The number of benzene rings is 2. The SMILES string of the molecule is COCCN(C)C(=O)[C@H](Cc1ccccc1)N(Cc1ccc(-c2ccccn2)cc1)C(=O)C=Cc1ccc(Cl)nc1. The lowest BCUT2D eigenvalue weighted by Gasteiger charge is -2.33. The minimum absolute atomic E-state index is 0.161. The van der Waals surface area contributed by atoms with Gasteiger partial charge in [-0.2, -0.15) is 0 Å². The van der Waals surface area contributed by atoms with Crippen LogP contribution >= 0.6 is 11.6 Å². The third-order valence-corrected chi connectivity index (χ3v) is 6.88. The number of aromatic nitrogens is 2. The normalized spacial score (nSPS) is 11.8. The monoisotopic (exact) mass is 568 g/mol. The molecule has 7 nitrogen and oxygen atoms in total. The van der Waals surface area contributed by atoms with Gasteiger partial charge in [0.2, 0.25) is 11.8 Å². The number of rotatable bonds is 12. The molecule has 0 N–H and O–H groups in total. The second-order valence-corrected chi connectivity index (χ2v) is 9.97. The van der Waals surface area contributed by atoms with Crippen molar-refractivity contribution in [2.75, 3.05) is 27.3 Å². The number of hydrogen-bond acceptors (Lipinski definition) is 5. The van der Waals surface area contributed by atoms with Crippen molar-refractivity contribution in [2.24, 2.45) is 0 Å². The molecule has 4 aromatic rings. The third kappa shape index (κ3) is 8.58. The van der Waals surface area contributed by atoms with Gasteiger partial charge in [-0.25, -0.2) is 4.98 Å². The lowest BCUT2D eigenvalue weighted by Crippen LogP contribution is -2.51. The highest BCUT2D eigenvalue weighted by Crippen LogP contribution is 2.21. The van der Waals surface area contributed by atoms with E-state index in [0.717, 1.165) is 27.9 Å². The van der Waals surface area contributed by atoms with E-state index in [0.29, 0.717) is 24.7 Å². The standard InChI is InChI=1S/C33H33ClN4O3/c1-37(20-21-41-2)33(40)30(22-25-8-4-3-5-9-25)38(32(39)18-14-26-13-17-31(34)36-23-26)24-27-11-15-28(16-12-27)29-10-6-7-19-35-29/h3-19,23,30H,20-22,24H2,1-2H3/t30-/m0/s1. The number of amides is 2. The van der Waals surface area contributed by atoms with Crippen molar-refractivity contribution in [3.8, 4) is 11.3 Å². The smallest absolute Gasteiger partial charge is 0.247 e. The van der Waals surface area contributed by atoms with Gasteiger partial charge < -0.3 is 14.5 Å². The fourth-order valence-corrected chi connectivity index (χ4v) is 4.47. The number of halogens is 1. The minimum atomic E-state index is -0.741. The lowest BCUT2D eigenvalue weighted by molar-refractivity contribution is -0.143.